The van der Waals surface area contributed by atoms with Crippen molar-refractivity contribution in [1.82, 2.24) is 0 Å². The number of carboxylic acid groups (broad SMARTS) is 2. The second kappa shape index (κ2) is 9.27. The molecule has 21 heteroatoms. The van der Waals surface area contributed by atoms with Crippen molar-refractivity contribution in [2.75, 3.05) is 0 Å². The van der Waals surface area contributed by atoms with Gasteiger partial charge in [-0.05, 0) is 0 Å². The minimum absolute atomic E-state index is 0.833. The van der Waals surface area contributed by atoms with Gasteiger partial charge in [-0.3, -0.25) is 4.79 Å². The lowest BCUT2D eigenvalue weighted by Gasteiger charge is -2.42. The quantitative estimate of drug-likeness (QED) is 0.284. The van der Waals surface area contributed by atoms with Crippen LogP contribution in [0.3, 0.4) is 0 Å². The van der Waals surface area contributed by atoms with Gasteiger partial charge in [0.15, 0.2) is 0 Å². The number of carboxylic acids is 2. The van der Waals surface area contributed by atoms with Gasteiger partial charge in [-0.2, -0.15) is 74.6 Å². The Bertz CT molecular complexity index is 768. The molecule has 0 saturated carbocycles. The van der Waals surface area contributed by atoms with E-state index in [1.807, 2.05) is 0 Å². The molecule has 0 aliphatic rings. The van der Waals surface area contributed by atoms with Gasteiger partial charge in [-0.15, -0.1) is 0 Å². The number of aliphatic carboxylic acids is 2. The Kier molecular flexibility index (Phi) is 9.18. The topological polar surface area (TPSA) is 74.6 Å². The van der Waals surface area contributed by atoms with Crippen LogP contribution in [0.15, 0.2) is 12.7 Å². The van der Waals surface area contributed by atoms with E-state index in [9.17, 15) is 84.2 Å². The molecule has 0 amide bonds. The molecule has 0 saturated heterocycles. The summed E-state index contributed by atoms with van der Waals surface area (Å²) in [7, 11) is 0. The first kappa shape index (κ1) is 33.7. The van der Waals surface area contributed by atoms with Crippen molar-refractivity contribution in [2.45, 2.75) is 54.1 Å². The fourth-order valence-corrected chi connectivity index (χ4v) is 1.50. The maximum atomic E-state index is 13.1. The molecule has 0 aliphatic heterocycles. The van der Waals surface area contributed by atoms with Crippen LogP contribution in [0.1, 0.15) is 6.42 Å². The lowest BCUT2D eigenvalue weighted by molar-refractivity contribution is -0.461. The standard InChI is InChI=1S/C10H3F17O2.C3H4O2/c11-3(12,1-2(28)29)4(13,14)5(15,16)6(17,18)7(19,20)8(21,22)9(23,24)10(25,26)27;1-2-3(4)5/h1H2,(H,28,29);2H,1H2,(H,4,5). The first-order valence-electron chi connectivity index (χ1n) is 7.22. The highest BCUT2D eigenvalue weighted by molar-refractivity contribution is 5.78. The van der Waals surface area contributed by atoms with Crippen molar-refractivity contribution in [1.29, 1.82) is 0 Å². The summed E-state index contributed by atoms with van der Waals surface area (Å²) in [4.78, 5) is 19.1. The van der Waals surface area contributed by atoms with Gasteiger partial charge in [0.1, 0.15) is 6.42 Å². The number of alkyl halides is 17. The average molecular weight is 550 g/mol. The molecule has 0 aliphatic carbocycles. The van der Waals surface area contributed by atoms with E-state index < -0.39 is 66.0 Å². The molecular formula is C13H7F17O4. The first-order valence-corrected chi connectivity index (χ1v) is 7.22. The van der Waals surface area contributed by atoms with Crippen LogP contribution in [-0.2, 0) is 9.59 Å². The molecule has 0 atom stereocenters. The highest BCUT2D eigenvalue weighted by atomic mass is 19.4. The highest BCUT2D eigenvalue weighted by Gasteiger charge is 2.95. The molecule has 0 aromatic carbocycles. The van der Waals surface area contributed by atoms with E-state index in [1.54, 1.807) is 0 Å². The molecule has 0 aromatic rings. The fourth-order valence-electron chi connectivity index (χ4n) is 1.50. The number of halogens is 17. The molecule has 0 rings (SSSR count). The zero-order valence-electron chi connectivity index (χ0n) is 15.1. The van der Waals surface area contributed by atoms with E-state index in [-0.39, 0.29) is 0 Å². The number of hydrogen-bond donors (Lipinski definition) is 2. The Morgan fingerprint density at radius 3 is 1.00 bits per heavy atom. The molecule has 0 spiro atoms. The molecule has 202 valence electrons. The van der Waals surface area contributed by atoms with Crippen molar-refractivity contribution >= 4 is 11.9 Å². The van der Waals surface area contributed by atoms with Crippen molar-refractivity contribution in [3.05, 3.63) is 12.7 Å². The number of carbonyl (C=O) groups is 2. The zero-order valence-corrected chi connectivity index (χ0v) is 15.1. The summed E-state index contributed by atoms with van der Waals surface area (Å²) >= 11 is 0. The summed E-state index contributed by atoms with van der Waals surface area (Å²) < 4.78 is 216. The van der Waals surface area contributed by atoms with Crippen LogP contribution in [0.4, 0.5) is 74.6 Å². The summed E-state index contributed by atoms with van der Waals surface area (Å²) in [6.45, 7) is 2.96. The van der Waals surface area contributed by atoms with Gasteiger partial charge in [0.25, 0.3) is 0 Å². The number of rotatable bonds is 9. The first-order chi connectivity index (χ1) is 14.4. The minimum Gasteiger partial charge on any atom is -0.481 e. The van der Waals surface area contributed by atoms with E-state index in [4.69, 9.17) is 10.2 Å². The molecule has 34 heavy (non-hydrogen) atoms. The maximum Gasteiger partial charge on any atom is 0.460 e. The molecular weight excluding hydrogens is 543 g/mol. The van der Waals surface area contributed by atoms with Gasteiger partial charge >= 0.3 is 59.6 Å². The van der Waals surface area contributed by atoms with Crippen LogP contribution in [0.2, 0.25) is 0 Å². The molecule has 0 bridgehead atoms. The Hall–Kier alpha value is -2.51. The van der Waals surface area contributed by atoms with Crippen LogP contribution >= 0.6 is 0 Å². The van der Waals surface area contributed by atoms with Crippen molar-refractivity contribution in [2.24, 2.45) is 0 Å². The largest absolute Gasteiger partial charge is 0.481 e. The van der Waals surface area contributed by atoms with Gasteiger partial charge in [0.2, 0.25) is 0 Å². The maximum absolute atomic E-state index is 13.1. The Labute approximate surface area is 174 Å². The third kappa shape index (κ3) is 5.26. The molecule has 0 unspecified atom stereocenters. The van der Waals surface area contributed by atoms with E-state index in [1.165, 1.54) is 0 Å². The summed E-state index contributed by atoms with van der Waals surface area (Å²) in [5.41, 5.74) is 0. The second-order valence-electron chi connectivity index (χ2n) is 5.76. The summed E-state index contributed by atoms with van der Waals surface area (Å²) in [5.74, 6) is -61.6. The highest BCUT2D eigenvalue weighted by Crippen LogP contribution is 2.64. The van der Waals surface area contributed by atoms with Gasteiger partial charge in [0, 0.05) is 6.08 Å². The normalized spacial score (nSPS) is 14.7. The predicted octanol–water partition coefficient (Wildman–Crippen LogP) is 5.73. The predicted molar refractivity (Wildman–Crippen MR) is 70.8 cm³/mol. The lowest BCUT2D eigenvalue weighted by atomic mass is 9.88. The van der Waals surface area contributed by atoms with E-state index in [0.29, 0.717) is 0 Å². The van der Waals surface area contributed by atoms with E-state index >= 15 is 0 Å². The monoisotopic (exact) mass is 550 g/mol. The Balaban J connectivity index is 0. The summed E-state index contributed by atoms with van der Waals surface area (Å²) in [6.07, 6.45) is -10.5. The van der Waals surface area contributed by atoms with Crippen LogP contribution < -0.4 is 0 Å². The van der Waals surface area contributed by atoms with E-state index in [0.717, 1.165) is 6.08 Å². The molecule has 0 fully saturated rings. The molecule has 0 aromatic heterocycles. The van der Waals surface area contributed by atoms with Crippen molar-refractivity contribution < 1.29 is 94.4 Å². The SMILES string of the molecule is C=CC(=O)O.O=C(O)CC(F)(F)C(F)(F)C(F)(F)C(F)(F)C(F)(F)C(F)(F)C(F)(F)C(F)(F)F. The van der Waals surface area contributed by atoms with Crippen LogP contribution in [0, 0.1) is 0 Å². The zero-order chi connectivity index (χ0) is 28.6. The lowest BCUT2D eigenvalue weighted by Crippen LogP contribution is -2.74. The molecule has 0 heterocycles. The van der Waals surface area contributed by atoms with Crippen LogP contribution in [-0.4, -0.2) is 69.8 Å². The van der Waals surface area contributed by atoms with Gasteiger partial charge < -0.3 is 10.2 Å². The van der Waals surface area contributed by atoms with Gasteiger partial charge in [-0.25, -0.2) is 4.79 Å². The second-order valence-corrected chi connectivity index (χ2v) is 5.76. The molecule has 4 nitrogen and oxygen atoms in total. The molecule has 2 N–H and O–H groups in total. The number of hydrogen-bond acceptors (Lipinski definition) is 2. The van der Waals surface area contributed by atoms with Crippen LogP contribution in [0.25, 0.3) is 0 Å². The third-order valence-corrected chi connectivity index (χ3v) is 3.33. The molecule has 0 radical (unpaired) electrons. The Morgan fingerprint density at radius 2 is 0.794 bits per heavy atom. The smallest absolute Gasteiger partial charge is 0.460 e. The fraction of sp³-hybridized carbons (Fsp3) is 0.692. The van der Waals surface area contributed by atoms with Crippen LogP contribution in [0.5, 0.6) is 0 Å². The average Bonchev–Trinajstić information content (AvgIpc) is 2.58. The van der Waals surface area contributed by atoms with E-state index in [2.05, 4.69) is 6.58 Å². The van der Waals surface area contributed by atoms with Crippen molar-refractivity contribution in [3.63, 3.8) is 0 Å². The minimum atomic E-state index is -8.72. The van der Waals surface area contributed by atoms with Gasteiger partial charge in [0.05, 0.1) is 0 Å². The van der Waals surface area contributed by atoms with Crippen molar-refractivity contribution in [3.8, 4) is 0 Å². The third-order valence-electron chi connectivity index (χ3n) is 3.33. The summed E-state index contributed by atoms with van der Waals surface area (Å²) in [5, 5.41) is 15.4. The van der Waals surface area contributed by atoms with Gasteiger partial charge in [-0.1, -0.05) is 6.58 Å². The summed E-state index contributed by atoms with van der Waals surface area (Å²) in [6, 6.07) is 0. The Morgan fingerprint density at radius 1 is 0.559 bits per heavy atom.